The van der Waals surface area contributed by atoms with E-state index < -0.39 is 11.9 Å². The van der Waals surface area contributed by atoms with E-state index in [2.05, 4.69) is 15.9 Å². The second-order valence-corrected chi connectivity index (χ2v) is 9.38. The minimum Gasteiger partial charge on any atom is -0.489 e. The van der Waals surface area contributed by atoms with Gasteiger partial charge in [0.05, 0.1) is 5.56 Å². The van der Waals surface area contributed by atoms with E-state index in [1.807, 2.05) is 56.3 Å². The summed E-state index contributed by atoms with van der Waals surface area (Å²) in [6.45, 7) is 7.18. The Morgan fingerprint density at radius 2 is 1.39 bits per heavy atom. The molecule has 3 aromatic rings. The maximum Gasteiger partial charge on any atom is 0.344 e. The molecule has 9 heteroatoms. The lowest BCUT2D eigenvalue weighted by Crippen LogP contribution is -2.17. The minimum absolute atomic E-state index is 0.136. The smallest absolute Gasteiger partial charge is 0.344 e. The van der Waals surface area contributed by atoms with Gasteiger partial charge in [-0.25, -0.2) is 9.59 Å². The Labute approximate surface area is 230 Å². The minimum atomic E-state index is -0.644. The molecular formula is C29H31BrO8. The summed E-state index contributed by atoms with van der Waals surface area (Å²) in [6, 6.07) is 13.5. The Bertz CT molecular complexity index is 1280. The van der Waals surface area contributed by atoms with E-state index in [0.717, 1.165) is 5.56 Å². The lowest BCUT2D eigenvalue weighted by molar-refractivity contribution is -0.0133. The van der Waals surface area contributed by atoms with Crippen LogP contribution in [0.3, 0.4) is 0 Å². The first-order valence-corrected chi connectivity index (χ1v) is 12.6. The number of methoxy groups -OCH3 is 2. The number of aryl methyl sites for hydroxylation is 2. The summed E-state index contributed by atoms with van der Waals surface area (Å²) in [6.07, 6.45) is 0. The second kappa shape index (κ2) is 13.4. The van der Waals surface area contributed by atoms with Gasteiger partial charge >= 0.3 is 11.9 Å². The normalized spacial score (nSPS) is 10.7. The van der Waals surface area contributed by atoms with Crippen molar-refractivity contribution in [3.05, 3.63) is 85.9 Å². The average molecular weight is 587 g/mol. The van der Waals surface area contributed by atoms with E-state index in [1.165, 1.54) is 14.2 Å². The summed E-state index contributed by atoms with van der Waals surface area (Å²) < 4.78 is 32.8. The number of halogens is 1. The molecule has 3 aromatic carbocycles. The molecule has 202 valence electrons. The average Bonchev–Trinajstić information content (AvgIpc) is 2.90. The molecule has 0 atom stereocenters. The zero-order chi connectivity index (χ0) is 27.8. The van der Waals surface area contributed by atoms with Gasteiger partial charge in [0.15, 0.2) is 25.1 Å². The topological polar surface area (TPSA) is 89.5 Å². The Kier molecular flexibility index (Phi) is 10.3. The number of ether oxygens (including phenoxy) is 6. The standard InChI is InChI=1S/C29H31BrO8/c1-17-12-22(35-14-21-10-8-7-9-11-21)13-18(2)23(17)29(32)38-26-20(4)19(3)24(28(31)37-16-34-6)27(25(26)30)36-15-33-5/h7-13H,14-16H2,1-6H3. The van der Waals surface area contributed by atoms with Crippen molar-refractivity contribution >= 4 is 27.9 Å². The van der Waals surface area contributed by atoms with Crippen molar-refractivity contribution in [1.29, 1.82) is 0 Å². The summed E-state index contributed by atoms with van der Waals surface area (Å²) in [7, 11) is 2.87. The molecule has 3 rings (SSSR count). The highest BCUT2D eigenvalue weighted by atomic mass is 79.9. The van der Waals surface area contributed by atoms with E-state index >= 15 is 0 Å². The van der Waals surface area contributed by atoms with Crippen LogP contribution in [0.5, 0.6) is 17.2 Å². The monoisotopic (exact) mass is 586 g/mol. The van der Waals surface area contributed by atoms with E-state index in [-0.39, 0.29) is 35.1 Å². The van der Waals surface area contributed by atoms with Crippen molar-refractivity contribution in [2.24, 2.45) is 0 Å². The molecule has 0 N–H and O–H groups in total. The largest absolute Gasteiger partial charge is 0.489 e. The number of hydrogen-bond acceptors (Lipinski definition) is 8. The van der Waals surface area contributed by atoms with Gasteiger partial charge in [-0.2, -0.15) is 0 Å². The zero-order valence-corrected chi connectivity index (χ0v) is 23.9. The summed E-state index contributed by atoms with van der Waals surface area (Å²) in [4.78, 5) is 26.2. The van der Waals surface area contributed by atoms with Crippen LogP contribution >= 0.6 is 15.9 Å². The first-order valence-electron chi connectivity index (χ1n) is 11.8. The first kappa shape index (κ1) is 29.2. The van der Waals surface area contributed by atoms with Gasteiger partial charge in [0.1, 0.15) is 22.4 Å². The SMILES string of the molecule is COCOC(=O)c1c(C)c(C)c(OC(=O)c2c(C)cc(OCc3ccccc3)cc2C)c(Br)c1OCOC. The molecule has 38 heavy (non-hydrogen) atoms. The van der Waals surface area contributed by atoms with Gasteiger partial charge in [-0.3, -0.25) is 0 Å². The number of benzene rings is 3. The van der Waals surface area contributed by atoms with Crippen LogP contribution in [0.1, 0.15) is 48.5 Å². The lowest BCUT2D eigenvalue weighted by atomic mass is 10.0. The third kappa shape index (κ3) is 6.72. The molecule has 0 saturated carbocycles. The van der Waals surface area contributed by atoms with Crippen LogP contribution in [0.2, 0.25) is 0 Å². The number of esters is 2. The highest BCUT2D eigenvalue weighted by Gasteiger charge is 2.28. The summed E-state index contributed by atoms with van der Waals surface area (Å²) in [5, 5.41) is 0. The molecule has 0 fully saturated rings. The van der Waals surface area contributed by atoms with E-state index in [1.54, 1.807) is 13.8 Å². The van der Waals surface area contributed by atoms with E-state index in [4.69, 9.17) is 28.4 Å². The van der Waals surface area contributed by atoms with Crippen molar-refractivity contribution in [3.63, 3.8) is 0 Å². The quantitative estimate of drug-likeness (QED) is 0.148. The molecule has 0 aliphatic carbocycles. The van der Waals surface area contributed by atoms with Crippen LogP contribution < -0.4 is 14.2 Å². The molecule has 0 radical (unpaired) electrons. The van der Waals surface area contributed by atoms with Gasteiger partial charge < -0.3 is 28.4 Å². The van der Waals surface area contributed by atoms with Gasteiger partial charge in [-0.05, 0) is 83.6 Å². The summed E-state index contributed by atoms with van der Waals surface area (Å²) in [5.74, 6) is -0.176. The maximum atomic E-state index is 13.4. The third-order valence-electron chi connectivity index (χ3n) is 5.89. The highest BCUT2D eigenvalue weighted by Crippen LogP contribution is 2.43. The second-order valence-electron chi connectivity index (χ2n) is 8.58. The fourth-order valence-corrected chi connectivity index (χ4v) is 4.62. The van der Waals surface area contributed by atoms with Crippen LogP contribution in [0, 0.1) is 27.7 Å². The van der Waals surface area contributed by atoms with Crippen LogP contribution in [0.25, 0.3) is 0 Å². The zero-order valence-electron chi connectivity index (χ0n) is 22.3. The maximum absolute atomic E-state index is 13.4. The van der Waals surface area contributed by atoms with Crippen LogP contribution in [-0.2, 0) is 20.8 Å². The number of carbonyl (C=O) groups excluding carboxylic acids is 2. The van der Waals surface area contributed by atoms with Crippen LogP contribution in [-0.4, -0.2) is 39.7 Å². The first-order chi connectivity index (χ1) is 18.2. The molecule has 0 amide bonds. The van der Waals surface area contributed by atoms with Crippen LogP contribution in [0.15, 0.2) is 46.9 Å². The van der Waals surface area contributed by atoms with Gasteiger partial charge in [0.25, 0.3) is 0 Å². The molecule has 8 nitrogen and oxygen atoms in total. The predicted molar refractivity (Wildman–Crippen MR) is 145 cm³/mol. The molecule has 0 bridgehead atoms. The third-order valence-corrected chi connectivity index (χ3v) is 6.61. The molecule has 0 aliphatic rings. The van der Waals surface area contributed by atoms with E-state index in [0.29, 0.717) is 40.2 Å². The predicted octanol–water partition coefficient (Wildman–Crippen LogP) is 6.22. The Balaban J connectivity index is 1.92. The number of carbonyl (C=O) groups is 2. The van der Waals surface area contributed by atoms with Crippen molar-refractivity contribution in [2.75, 3.05) is 27.8 Å². The van der Waals surface area contributed by atoms with Crippen molar-refractivity contribution in [1.82, 2.24) is 0 Å². The Morgan fingerprint density at radius 1 is 0.763 bits per heavy atom. The fourth-order valence-electron chi connectivity index (χ4n) is 3.92. The summed E-state index contributed by atoms with van der Waals surface area (Å²) >= 11 is 3.46. The van der Waals surface area contributed by atoms with E-state index in [9.17, 15) is 9.59 Å². The Hall–Kier alpha value is -3.40. The van der Waals surface area contributed by atoms with Crippen LogP contribution in [0.4, 0.5) is 0 Å². The number of rotatable bonds is 11. The molecule has 0 saturated heterocycles. The van der Waals surface area contributed by atoms with Gasteiger partial charge in [-0.1, -0.05) is 30.3 Å². The van der Waals surface area contributed by atoms with Gasteiger partial charge in [-0.15, -0.1) is 0 Å². The van der Waals surface area contributed by atoms with Crippen molar-refractivity contribution < 1.29 is 38.0 Å². The lowest BCUT2D eigenvalue weighted by Gasteiger charge is -2.20. The highest BCUT2D eigenvalue weighted by molar-refractivity contribution is 9.10. The molecule has 0 heterocycles. The Morgan fingerprint density at radius 3 is 2.00 bits per heavy atom. The molecule has 0 aliphatic heterocycles. The number of hydrogen-bond donors (Lipinski definition) is 0. The fraction of sp³-hybridized carbons (Fsp3) is 0.310. The summed E-state index contributed by atoms with van der Waals surface area (Å²) in [5.41, 5.74) is 4.15. The molecular weight excluding hydrogens is 556 g/mol. The van der Waals surface area contributed by atoms with Crippen molar-refractivity contribution in [2.45, 2.75) is 34.3 Å². The van der Waals surface area contributed by atoms with Gasteiger partial charge in [0.2, 0.25) is 0 Å². The van der Waals surface area contributed by atoms with Gasteiger partial charge in [0, 0.05) is 14.2 Å². The van der Waals surface area contributed by atoms with Crippen molar-refractivity contribution in [3.8, 4) is 17.2 Å². The molecule has 0 unspecified atom stereocenters. The molecule has 0 aromatic heterocycles. The molecule has 0 spiro atoms.